The average molecular weight is 447 g/mol. The van der Waals surface area contributed by atoms with Gasteiger partial charge in [-0.25, -0.2) is 0 Å². The van der Waals surface area contributed by atoms with Crippen LogP contribution in [-0.4, -0.2) is 46.4 Å². The van der Waals surface area contributed by atoms with Crippen LogP contribution < -0.4 is 25.0 Å². The summed E-state index contributed by atoms with van der Waals surface area (Å²) in [7, 11) is 5.08. The third-order valence-electron chi connectivity index (χ3n) is 4.85. The first-order chi connectivity index (χ1) is 13.6. The summed E-state index contributed by atoms with van der Waals surface area (Å²) in [6, 6.07) is 14.6. The van der Waals surface area contributed by atoms with Crippen LogP contribution >= 0.6 is 15.9 Å². The van der Waals surface area contributed by atoms with Gasteiger partial charge < -0.3 is 25.0 Å². The molecule has 2 N–H and O–H groups in total. The smallest absolute Gasteiger partial charge is 0.191 e. The van der Waals surface area contributed by atoms with Gasteiger partial charge in [-0.3, -0.25) is 4.99 Å². The highest BCUT2D eigenvalue weighted by Crippen LogP contribution is 2.29. The zero-order valence-corrected chi connectivity index (χ0v) is 18.1. The number of ether oxygens (including phenoxy) is 2. The van der Waals surface area contributed by atoms with Crippen molar-refractivity contribution in [3.63, 3.8) is 0 Å². The number of hydrogen-bond donors (Lipinski definition) is 2. The van der Waals surface area contributed by atoms with Gasteiger partial charge in [0.25, 0.3) is 0 Å². The Kier molecular flexibility index (Phi) is 7.03. The molecule has 0 aromatic heterocycles. The van der Waals surface area contributed by atoms with Crippen molar-refractivity contribution in [2.75, 3.05) is 39.3 Å². The predicted octanol–water partition coefficient (Wildman–Crippen LogP) is 3.41. The van der Waals surface area contributed by atoms with Gasteiger partial charge in [0.1, 0.15) is 0 Å². The number of anilines is 1. The van der Waals surface area contributed by atoms with Crippen LogP contribution in [0.5, 0.6) is 11.5 Å². The average Bonchev–Trinajstić information content (AvgIpc) is 3.19. The zero-order chi connectivity index (χ0) is 19.9. The van der Waals surface area contributed by atoms with Gasteiger partial charge in [-0.15, -0.1) is 0 Å². The van der Waals surface area contributed by atoms with Crippen molar-refractivity contribution in [2.45, 2.75) is 19.0 Å². The number of para-hydroxylation sites is 1. The molecule has 1 heterocycles. The Morgan fingerprint density at radius 3 is 2.68 bits per heavy atom. The summed E-state index contributed by atoms with van der Waals surface area (Å²) in [6.45, 7) is 2.62. The summed E-state index contributed by atoms with van der Waals surface area (Å²) in [4.78, 5) is 6.76. The van der Waals surface area contributed by atoms with Gasteiger partial charge in [0.2, 0.25) is 0 Å². The number of benzene rings is 2. The SMILES string of the molecule is CN=C(NCc1ccc(OC)c(OC)c1)NC1CCN(c2ccccc2Br)C1. The van der Waals surface area contributed by atoms with Crippen LogP contribution in [0.25, 0.3) is 0 Å². The van der Waals surface area contributed by atoms with Crippen molar-refractivity contribution >= 4 is 27.6 Å². The topological polar surface area (TPSA) is 58.1 Å². The fourth-order valence-electron chi connectivity index (χ4n) is 3.37. The van der Waals surface area contributed by atoms with Gasteiger partial charge in [0, 0.05) is 37.2 Å². The predicted molar refractivity (Wildman–Crippen MR) is 118 cm³/mol. The van der Waals surface area contributed by atoms with E-state index >= 15 is 0 Å². The Bertz CT molecular complexity index is 828. The number of halogens is 1. The van der Waals surface area contributed by atoms with E-state index in [0.29, 0.717) is 12.6 Å². The van der Waals surface area contributed by atoms with Crippen molar-refractivity contribution in [2.24, 2.45) is 4.99 Å². The van der Waals surface area contributed by atoms with Gasteiger partial charge >= 0.3 is 0 Å². The van der Waals surface area contributed by atoms with E-state index in [0.717, 1.165) is 47.0 Å². The first-order valence-electron chi connectivity index (χ1n) is 9.32. The molecular weight excluding hydrogens is 420 g/mol. The monoisotopic (exact) mass is 446 g/mol. The van der Waals surface area contributed by atoms with Crippen LogP contribution in [0.15, 0.2) is 51.9 Å². The molecule has 0 aliphatic carbocycles. The Morgan fingerprint density at radius 1 is 1.18 bits per heavy atom. The van der Waals surface area contributed by atoms with Crippen molar-refractivity contribution in [1.82, 2.24) is 10.6 Å². The molecule has 0 saturated carbocycles. The van der Waals surface area contributed by atoms with Gasteiger partial charge in [-0.2, -0.15) is 0 Å². The lowest BCUT2D eigenvalue weighted by molar-refractivity contribution is 0.354. The van der Waals surface area contributed by atoms with Crippen LogP contribution in [0.4, 0.5) is 5.69 Å². The second-order valence-corrected chi connectivity index (χ2v) is 7.50. The summed E-state index contributed by atoms with van der Waals surface area (Å²) in [5, 5.41) is 6.91. The lowest BCUT2D eigenvalue weighted by Crippen LogP contribution is -2.44. The van der Waals surface area contributed by atoms with E-state index in [1.165, 1.54) is 5.69 Å². The molecule has 2 aromatic rings. The molecule has 1 unspecified atom stereocenters. The number of nitrogens with zero attached hydrogens (tertiary/aromatic N) is 2. The second-order valence-electron chi connectivity index (χ2n) is 6.64. The van der Waals surface area contributed by atoms with E-state index in [9.17, 15) is 0 Å². The largest absolute Gasteiger partial charge is 0.493 e. The molecule has 3 rings (SSSR count). The van der Waals surface area contributed by atoms with Gasteiger partial charge in [0.15, 0.2) is 17.5 Å². The molecule has 7 heteroatoms. The molecule has 150 valence electrons. The van der Waals surface area contributed by atoms with Crippen LogP contribution in [0, 0.1) is 0 Å². The number of rotatable bonds is 6. The van der Waals surface area contributed by atoms with E-state index < -0.39 is 0 Å². The number of guanidine groups is 1. The second kappa shape index (κ2) is 9.68. The minimum atomic E-state index is 0.351. The van der Waals surface area contributed by atoms with Gasteiger partial charge in [-0.05, 0) is 52.2 Å². The van der Waals surface area contributed by atoms with Gasteiger partial charge in [-0.1, -0.05) is 18.2 Å². The third kappa shape index (κ3) is 4.90. The first-order valence-corrected chi connectivity index (χ1v) is 10.1. The Labute approximate surface area is 175 Å². The quantitative estimate of drug-likeness (QED) is 0.525. The van der Waals surface area contributed by atoms with Crippen molar-refractivity contribution in [3.8, 4) is 11.5 Å². The van der Waals surface area contributed by atoms with E-state index in [-0.39, 0.29) is 0 Å². The molecule has 0 radical (unpaired) electrons. The Balaban J connectivity index is 1.55. The maximum atomic E-state index is 5.37. The molecule has 0 bridgehead atoms. The van der Waals surface area contributed by atoms with Crippen molar-refractivity contribution in [3.05, 3.63) is 52.5 Å². The highest BCUT2D eigenvalue weighted by Gasteiger charge is 2.24. The number of nitrogens with one attached hydrogen (secondary N) is 2. The van der Waals surface area contributed by atoms with Crippen LogP contribution in [0.1, 0.15) is 12.0 Å². The van der Waals surface area contributed by atoms with Gasteiger partial charge in [0.05, 0.1) is 19.9 Å². The number of aliphatic imine (C=N–C) groups is 1. The Hall–Kier alpha value is -2.41. The lowest BCUT2D eigenvalue weighted by Gasteiger charge is -2.21. The minimum absolute atomic E-state index is 0.351. The Morgan fingerprint density at radius 2 is 1.96 bits per heavy atom. The van der Waals surface area contributed by atoms with Crippen LogP contribution in [0.3, 0.4) is 0 Å². The molecule has 1 aliphatic rings. The molecule has 1 aliphatic heterocycles. The number of methoxy groups -OCH3 is 2. The molecule has 0 amide bonds. The normalized spacial score (nSPS) is 16.8. The fraction of sp³-hybridized carbons (Fsp3) is 0.381. The van der Waals surface area contributed by atoms with E-state index in [1.807, 2.05) is 24.3 Å². The summed E-state index contributed by atoms with van der Waals surface area (Å²) in [6.07, 6.45) is 1.07. The molecule has 1 atom stereocenters. The maximum Gasteiger partial charge on any atom is 0.191 e. The highest BCUT2D eigenvalue weighted by atomic mass is 79.9. The lowest BCUT2D eigenvalue weighted by atomic mass is 10.2. The highest BCUT2D eigenvalue weighted by molar-refractivity contribution is 9.10. The minimum Gasteiger partial charge on any atom is -0.493 e. The van der Waals surface area contributed by atoms with E-state index in [4.69, 9.17) is 9.47 Å². The third-order valence-corrected chi connectivity index (χ3v) is 5.52. The number of hydrogen-bond acceptors (Lipinski definition) is 4. The van der Waals surface area contributed by atoms with Crippen LogP contribution in [-0.2, 0) is 6.54 Å². The fourth-order valence-corrected chi connectivity index (χ4v) is 3.90. The van der Waals surface area contributed by atoms with Crippen molar-refractivity contribution < 1.29 is 9.47 Å². The molecule has 28 heavy (non-hydrogen) atoms. The summed E-state index contributed by atoms with van der Waals surface area (Å²) >= 11 is 3.65. The molecule has 2 aromatic carbocycles. The molecular formula is C21H27BrN4O2. The van der Waals surface area contributed by atoms with Crippen molar-refractivity contribution in [1.29, 1.82) is 0 Å². The molecule has 1 saturated heterocycles. The molecule has 1 fully saturated rings. The maximum absolute atomic E-state index is 5.37. The van der Waals surface area contributed by atoms with E-state index in [1.54, 1.807) is 21.3 Å². The molecule has 6 nitrogen and oxygen atoms in total. The summed E-state index contributed by atoms with van der Waals surface area (Å²) in [5.74, 6) is 2.25. The first kappa shape index (κ1) is 20.3. The van der Waals surface area contributed by atoms with Crippen LogP contribution in [0.2, 0.25) is 0 Å². The summed E-state index contributed by atoms with van der Waals surface area (Å²) in [5.41, 5.74) is 2.34. The zero-order valence-electron chi connectivity index (χ0n) is 16.5. The van der Waals surface area contributed by atoms with E-state index in [2.05, 4.69) is 54.7 Å². The standard InChI is InChI=1S/C21H27BrN4O2/c1-23-21(24-13-15-8-9-19(27-2)20(12-15)28-3)25-16-10-11-26(14-16)18-7-5-4-6-17(18)22/h4-9,12,16H,10-11,13-14H2,1-3H3,(H2,23,24,25). The molecule has 0 spiro atoms. The summed E-state index contributed by atoms with van der Waals surface area (Å²) < 4.78 is 11.8.